The predicted octanol–water partition coefficient (Wildman–Crippen LogP) is 3.72. The molecule has 0 atom stereocenters. The molecule has 102 valence electrons. The molecule has 1 aliphatic heterocycles. The summed E-state index contributed by atoms with van der Waals surface area (Å²) in [6.45, 7) is 2.93. The monoisotopic (exact) mass is 268 g/mol. The molecule has 0 N–H and O–H groups in total. The molecule has 0 saturated heterocycles. The Bertz CT molecular complexity index is 646. The summed E-state index contributed by atoms with van der Waals surface area (Å²) in [6, 6.07) is 13.5. The van der Waals surface area contributed by atoms with Crippen molar-refractivity contribution in [2.75, 3.05) is 13.2 Å². The Hall–Kier alpha value is -2.29. The zero-order valence-corrected chi connectivity index (χ0v) is 11.4. The first-order chi connectivity index (χ1) is 9.74. The third-order valence-corrected chi connectivity index (χ3v) is 3.35. The van der Waals surface area contributed by atoms with Crippen LogP contribution in [-0.2, 0) is 0 Å². The highest BCUT2D eigenvalue weighted by molar-refractivity contribution is 5.95. The minimum atomic E-state index is 0.0705. The molecule has 0 radical (unpaired) electrons. The van der Waals surface area contributed by atoms with Gasteiger partial charge in [0, 0.05) is 12.0 Å². The molecular formula is C17H16O3. The molecule has 20 heavy (non-hydrogen) atoms. The van der Waals surface area contributed by atoms with E-state index in [2.05, 4.69) is 0 Å². The normalized spacial score (nSPS) is 13.7. The van der Waals surface area contributed by atoms with Crippen LogP contribution < -0.4 is 9.47 Å². The fraction of sp³-hybridized carbons (Fsp3) is 0.235. The van der Waals surface area contributed by atoms with Crippen molar-refractivity contribution in [2.24, 2.45) is 0 Å². The predicted molar refractivity (Wildman–Crippen MR) is 77.5 cm³/mol. The van der Waals surface area contributed by atoms with Crippen LogP contribution in [0.5, 0.6) is 11.5 Å². The van der Waals surface area contributed by atoms with E-state index in [-0.39, 0.29) is 5.78 Å². The topological polar surface area (TPSA) is 35.5 Å². The van der Waals surface area contributed by atoms with Crippen molar-refractivity contribution in [3.05, 3.63) is 48.0 Å². The van der Waals surface area contributed by atoms with Gasteiger partial charge < -0.3 is 9.47 Å². The Balaban J connectivity index is 2.00. The smallest absolute Gasteiger partial charge is 0.161 e. The molecule has 3 heteroatoms. The standard InChI is InChI=1S/C17H16O3/c1-12(18)13-4-2-5-14(10-13)15-6-7-16-17(11-15)20-9-3-8-19-16/h2,4-7,10-11H,3,8-9H2,1H3. The third-order valence-electron chi connectivity index (χ3n) is 3.35. The summed E-state index contributed by atoms with van der Waals surface area (Å²) in [5.41, 5.74) is 2.75. The van der Waals surface area contributed by atoms with Gasteiger partial charge in [0.05, 0.1) is 13.2 Å². The molecule has 0 saturated carbocycles. The summed E-state index contributed by atoms with van der Waals surface area (Å²) in [5.74, 6) is 1.63. The molecular weight excluding hydrogens is 252 g/mol. The van der Waals surface area contributed by atoms with Gasteiger partial charge in [-0.1, -0.05) is 24.3 Å². The zero-order valence-electron chi connectivity index (χ0n) is 11.4. The van der Waals surface area contributed by atoms with Crippen molar-refractivity contribution in [2.45, 2.75) is 13.3 Å². The summed E-state index contributed by atoms with van der Waals surface area (Å²) in [4.78, 5) is 11.5. The lowest BCUT2D eigenvalue weighted by molar-refractivity contribution is 0.101. The van der Waals surface area contributed by atoms with Crippen molar-refractivity contribution in [1.82, 2.24) is 0 Å². The maximum absolute atomic E-state index is 11.5. The minimum Gasteiger partial charge on any atom is -0.490 e. The number of rotatable bonds is 2. The first-order valence-corrected chi connectivity index (χ1v) is 6.75. The van der Waals surface area contributed by atoms with Crippen molar-refractivity contribution in [1.29, 1.82) is 0 Å². The molecule has 1 heterocycles. The van der Waals surface area contributed by atoms with Gasteiger partial charge in [-0.15, -0.1) is 0 Å². The first-order valence-electron chi connectivity index (χ1n) is 6.75. The molecule has 1 aliphatic rings. The van der Waals surface area contributed by atoms with Gasteiger partial charge in [0.15, 0.2) is 17.3 Å². The van der Waals surface area contributed by atoms with Crippen LogP contribution in [0.4, 0.5) is 0 Å². The average Bonchev–Trinajstić information content (AvgIpc) is 2.71. The van der Waals surface area contributed by atoms with Crippen LogP contribution >= 0.6 is 0 Å². The van der Waals surface area contributed by atoms with Crippen LogP contribution in [0.25, 0.3) is 11.1 Å². The van der Waals surface area contributed by atoms with Crippen molar-refractivity contribution < 1.29 is 14.3 Å². The molecule has 0 aromatic heterocycles. The lowest BCUT2D eigenvalue weighted by atomic mass is 10.0. The average molecular weight is 268 g/mol. The van der Waals surface area contributed by atoms with E-state index in [0.29, 0.717) is 13.2 Å². The van der Waals surface area contributed by atoms with E-state index in [0.717, 1.165) is 34.6 Å². The molecule has 0 spiro atoms. The first kappa shape index (κ1) is 12.7. The number of carbonyl (C=O) groups excluding carboxylic acids is 1. The van der Waals surface area contributed by atoms with Gasteiger partial charge in [-0.05, 0) is 36.2 Å². The second-order valence-corrected chi connectivity index (χ2v) is 4.85. The number of fused-ring (bicyclic) bond motifs is 1. The lowest BCUT2D eigenvalue weighted by Crippen LogP contribution is -1.97. The highest BCUT2D eigenvalue weighted by Crippen LogP contribution is 2.34. The summed E-state index contributed by atoms with van der Waals surface area (Å²) < 4.78 is 11.3. The maximum atomic E-state index is 11.5. The van der Waals surface area contributed by atoms with Gasteiger partial charge in [0.25, 0.3) is 0 Å². The fourth-order valence-electron chi connectivity index (χ4n) is 2.26. The van der Waals surface area contributed by atoms with E-state index >= 15 is 0 Å². The summed E-state index contributed by atoms with van der Waals surface area (Å²) >= 11 is 0. The molecule has 0 fully saturated rings. The van der Waals surface area contributed by atoms with Crippen LogP contribution in [0, 0.1) is 0 Å². The van der Waals surface area contributed by atoms with E-state index in [1.165, 1.54) is 0 Å². The van der Waals surface area contributed by atoms with Crippen LogP contribution in [0.1, 0.15) is 23.7 Å². The molecule has 3 rings (SSSR count). The molecule has 0 aliphatic carbocycles. The molecule has 0 unspecified atom stereocenters. The van der Waals surface area contributed by atoms with Gasteiger partial charge in [0.1, 0.15) is 0 Å². The number of hydrogen-bond donors (Lipinski definition) is 0. The number of benzene rings is 2. The van der Waals surface area contributed by atoms with E-state index < -0.39 is 0 Å². The van der Waals surface area contributed by atoms with Crippen LogP contribution in [0.2, 0.25) is 0 Å². The second-order valence-electron chi connectivity index (χ2n) is 4.85. The van der Waals surface area contributed by atoms with Gasteiger partial charge in [0.2, 0.25) is 0 Å². The van der Waals surface area contributed by atoms with E-state index in [9.17, 15) is 4.79 Å². The Morgan fingerprint density at radius 3 is 2.50 bits per heavy atom. The summed E-state index contributed by atoms with van der Waals surface area (Å²) in [7, 11) is 0. The Kier molecular flexibility index (Phi) is 3.42. The zero-order chi connectivity index (χ0) is 13.9. The quantitative estimate of drug-likeness (QED) is 0.779. The van der Waals surface area contributed by atoms with Crippen molar-refractivity contribution in [3.8, 4) is 22.6 Å². The van der Waals surface area contributed by atoms with Gasteiger partial charge >= 0.3 is 0 Å². The van der Waals surface area contributed by atoms with Crippen molar-refractivity contribution >= 4 is 5.78 Å². The Morgan fingerprint density at radius 2 is 1.70 bits per heavy atom. The molecule has 2 aromatic rings. The lowest BCUT2D eigenvalue weighted by Gasteiger charge is -2.10. The van der Waals surface area contributed by atoms with E-state index in [1.807, 2.05) is 42.5 Å². The van der Waals surface area contributed by atoms with Crippen LogP contribution in [0.15, 0.2) is 42.5 Å². The highest BCUT2D eigenvalue weighted by atomic mass is 16.5. The number of ketones is 1. The second kappa shape index (κ2) is 5.37. The number of carbonyl (C=O) groups is 1. The third kappa shape index (κ3) is 2.52. The van der Waals surface area contributed by atoms with E-state index in [4.69, 9.17) is 9.47 Å². The van der Waals surface area contributed by atoms with E-state index in [1.54, 1.807) is 6.92 Å². The van der Waals surface area contributed by atoms with Crippen LogP contribution in [0.3, 0.4) is 0 Å². The van der Waals surface area contributed by atoms with Gasteiger partial charge in [-0.25, -0.2) is 0 Å². The van der Waals surface area contributed by atoms with Crippen LogP contribution in [-0.4, -0.2) is 19.0 Å². The minimum absolute atomic E-state index is 0.0705. The number of Topliss-reactive ketones (excluding diaryl/α,β-unsaturated/α-hetero) is 1. The molecule has 2 aromatic carbocycles. The summed E-state index contributed by atoms with van der Waals surface area (Å²) in [5, 5.41) is 0. The molecule has 0 bridgehead atoms. The SMILES string of the molecule is CC(=O)c1cccc(-c2ccc3c(c2)OCCCO3)c1. The van der Waals surface area contributed by atoms with Gasteiger partial charge in [-0.3, -0.25) is 4.79 Å². The Morgan fingerprint density at radius 1 is 0.950 bits per heavy atom. The fourth-order valence-corrected chi connectivity index (χ4v) is 2.26. The number of ether oxygens (including phenoxy) is 2. The maximum Gasteiger partial charge on any atom is 0.161 e. The Labute approximate surface area is 118 Å². The molecule has 3 nitrogen and oxygen atoms in total. The highest BCUT2D eigenvalue weighted by Gasteiger charge is 2.11. The largest absolute Gasteiger partial charge is 0.490 e. The van der Waals surface area contributed by atoms with Crippen molar-refractivity contribution in [3.63, 3.8) is 0 Å². The molecule has 0 amide bonds. The van der Waals surface area contributed by atoms with Gasteiger partial charge in [-0.2, -0.15) is 0 Å². The summed E-state index contributed by atoms with van der Waals surface area (Å²) in [6.07, 6.45) is 0.893. The number of hydrogen-bond acceptors (Lipinski definition) is 3.